The number of rotatable bonds is 6. The molecule has 1 aromatic carbocycles. The van der Waals surface area contributed by atoms with Gasteiger partial charge in [-0.3, -0.25) is 4.79 Å². The molecular weight excluding hydrogens is 268 g/mol. The number of ether oxygens (including phenoxy) is 2. The van der Waals surface area contributed by atoms with Gasteiger partial charge in [-0.05, 0) is 18.6 Å². The quantitative estimate of drug-likeness (QED) is 0.784. The molecule has 2 N–H and O–H groups in total. The fourth-order valence-corrected chi connectivity index (χ4v) is 2.07. The maximum Gasteiger partial charge on any atom is 0.238 e. The Balaban J connectivity index is 1.86. The van der Waals surface area contributed by atoms with E-state index >= 15 is 0 Å². The van der Waals surface area contributed by atoms with Gasteiger partial charge in [0.15, 0.2) is 11.5 Å². The van der Waals surface area contributed by atoms with Gasteiger partial charge in [0.2, 0.25) is 5.91 Å². The Kier molecular flexibility index (Phi) is 5.47. The third-order valence-corrected chi connectivity index (χ3v) is 3.23. The van der Waals surface area contributed by atoms with Crippen LogP contribution in [0.4, 0.5) is 5.69 Å². The molecule has 0 radical (unpaired) electrons. The van der Waals surface area contributed by atoms with Crippen molar-refractivity contribution in [2.24, 2.45) is 0 Å². The number of anilines is 1. The van der Waals surface area contributed by atoms with E-state index < -0.39 is 0 Å². The molecule has 1 atom stereocenters. The second-order valence-corrected chi connectivity index (χ2v) is 4.80. The van der Waals surface area contributed by atoms with Crippen molar-refractivity contribution in [3.05, 3.63) is 18.2 Å². The summed E-state index contributed by atoms with van der Waals surface area (Å²) in [4.78, 5) is 11.9. The molecule has 1 aromatic rings. The minimum Gasteiger partial charge on any atom is -0.486 e. The summed E-state index contributed by atoms with van der Waals surface area (Å²) in [5.74, 6) is 3.86. The normalized spacial score (nSPS) is 14.1. The summed E-state index contributed by atoms with van der Waals surface area (Å²) in [7, 11) is 0. The SMILES string of the molecule is C#CCC(CC)NCC(=O)Nc1ccc2c(c1)OCCO2. The summed E-state index contributed by atoms with van der Waals surface area (Å²) in [6.07, 6.45) is 6.79. The van der Waals surface area contributed by atoms with Crippen molar-refractivity contribution in [3.63, 3.8) is 0 Å². The van der Waals surface area contributed by atoms with Gasteiger partial charge in [-0.25, -0.2) is 0 Å². The molecule has 1 aliphatic heterocycles. The van der Waals surface area contributed by atoms with Crippen LogP contribution in [0.5, 0.6) is 11.5 Å². The Hall–Kier alpha value is -2.19. The molecule has 21 heavy (non-hydrogen) atoms. The van der Waals surface area contributed by atoms with Crippen LogP contribution in [0.3, 0.4) is 0 Å². The predicted octanol–water partition coefficient (Wildman–Crippen LogP) is 1.79. The summed E-state index contributed by atoms with van der Waals surface area (Å²) in [5.41, 5.74) is 0.691. The van der Waals surface area contributed by atoms with Gasteiger partial charge in [-0.1, -0.05) is 6.92 Å². The number of nitrogens with one attached hydrogen (secondary N) is 2. The van der Waals surface area contributed by atoms with E-state index in [-0.39, 0.29) is 18.5 Å². The Morgan fingerprint density at radius 2 is 2.14 bits per heavy atom. The van der Waals surface area contributed by atoms with E-state index in [2.05, 4.69) is 16.6 Å². The molecule has 0 spiro atoms. The van der Waals surface area contributed by atoms with Crippen LogP contribution in [-0.2, 0) is 4.79 Å². The molecule has 5 heteroatoms. The predicted molar refractivity (Wildman–Crippen MR) is 81.6 cm³/mol. The van der Waals surface area contributed by atoms with Gasteiger partial charge in [0.05, 0.1) is 6.54 Å². The lowest BCUT2D eigenvalue weighted by Crippen LogP contribution is -2.35. The number of hydrogen-bond acceptors (Lipinski definition) is 4. The topological polar surface area (TPSA) is 59.6 Å². The van der Waals surface area contributed by atoms with Crippen LogP contribution in [0.25, 0.3) is 0 Å². The van der Waals surface area contributed by atoms with E-state index in [1.807, 2.05) is 6.92 Å². The second-order valence-electron chi connectivity index (χ2n) is 4.80. The number of terminal acetylenes is 1. The van der Waals surface area contributed by atoms with Crippen LogP contribution in [0.15, 0.2) is 18.2 Å². The first-order valence-electron chi connectivity index (χ1n) is 7.09. The van der Waals surface area contributed by atoms with E-state index in [0.29, 0.717) is 36.8 Å². The molecular formula is C16H20N2O3. The monoisotopic (exact) mass is 288 g/mol. The number of fused-ring (bicyclic) bond motifs is 1. The van der Waals surface area contributed by atoms with Gasteiger partial charge in [-0.2, -0.15) is 0 Å². The zero-order valence-electron chi connectivity index (χ0n) is 12.1. The maximum absolute atomic E-state index is 11.9. The second kappa shape index (κ2) is 7.55. The Morgan fingerprint density at radius 1 is 1.38 bits per heavy atom. The molecule has 0 aromatic heterocycles. The standard InChI is InChI=1S/C16H20N2O3/c1-3-5-12(4-2)17-11-16(19)18-13-6-7-14-15(10-13)21-9-8-20-14/h1,6-7,10,12,17H,4-5,8-9,11H2,2H3,(H,18,19). The molecule has 1 amide bonds. The number of amides is 1. The molecule has 1 heterocycles. The Morgan fingerprint density at radius 3 is 2.86 bits per heavy atom. The highest BCUT2D eigenvalue weighted by Gasteiger charge is 2.13. The molecule has 2 rings (SSSR count). The van der Waals surface area contributed by atoms with Crippen molar-refractivity contribution in [2.45, 2.75) is 25.8 Å². The number of carbonyl (C=O) groups is 1. The zero-order valence-corrected chi connectivity index (χ0v) is 12.1. The fourth-order valence-electron chi connectivity index (χ4n) is 2.07. The maximum atomic E-state index is 11.9. The molecule has 0 saturated heterocycles. The van der Waals surface area contributed by atoms with Crippen LogP contribution in [-0.4, -0.2) is 31.7 Å². The minimum absolute atomic E-state index is 0.109. The average molecular weight is 288 g/mol. The van der Waals surface area contributed by atoms with Crippen molar-refractivity contribution < 1.29 is 14.3 Å². The molecule has 1 unspecified atom stereocenters. The minimum atomic E-state index is -0.109. The van der Waals surface area contributed by atoms with E-state index in [0.717, 1.165) is 6.42 Å². The summed E-state index contributed by atoms with van der Waals surface area (Å²) in [6, 6.07) is 5.53. The lowest BCUT2D eigenvalue weighted by atomic mass is 10.1. The van der Waals surface area contributed by atoms with Crippen molar-refractivity contribution >= 4 is 11.6 Å². The van der Waals surface area contributed by atoms with E-state index in [1.165, 1.54) is 0 Å². The summed E-state index contributed by atoms with van der Waals surface area (Å²) in [6.45, 7) is 3.34. The Labute approximate surface area is 125 Å². The van der Waals surface area contributed by atoms with Crippen molar-refractivity contribution in [3.8, 4) is 23.8 Å². The summed E-state index contributed by atoms with van der Waals surface area (Å²) < 4.78 is 10.9. The highest BCUT2D eigenvalue weighted by Crippen LogP contribution is 2.32. The van der Waals surface area contributed by atoms with Gasteiger partial charge >= 0.3 is 0 Å². The fraction of sp³-hybridized carbons (Fsp3) is 0.438. The van der Waals surface area contributed by atoms with Gasteiger partial charge in [0, 0.05) is 24.2 Å². The average Bonchev–Trinajstić information content (AvgIpc) is 2.51. The van der Waals surface area contributed by atoms with E-state index in [9.17, 15) is 4.79 Å². The lowest BCUT2D eigenvalue weighted by Gasteiger charge is -2.19. The van der Waals surface area contributed by atoms with Crippen LogP contribution in [0.1, 0.15) is 19.8 Å². The first-order chi connectivity index (χ1) is 10.2. The van der Waals surface area contributed by atoms with Gasteiger partial charge in [0.25, 0.3) is 0 Å². The highest BCUT2D eigenvalue weighted by atomic mass is 16.6. The summed E-state index contributed by atoms with van der Waals surface area (Å²) in [5, 5.41) is 5.97. The third-order valence-electron chi connectivity index (χ3n) is 3.23. The largest absolute Gasteiger partial charge is 0.486 e. The van der Waals surface area contributed by atoms with Gasteiger partial charge in [-0.15, -0.1) is 12.3 Å². The highest BCUT2D eigenvalue weighted by molar-refractivity contribution is 5.92. The first kappa shape index (κ1) is 15.2. The van der Waals surface area contributed by atoms with Crippen molar-refractivity contribution in [2.75, 3.05) is 25.1 Å². The van der Waals surface area contributed by atoms with Crippen LogP contribution in [0.2, 0.25) is 0 Å². The molecule has 112 valence electrons. The number of hydrogen-bond donors (Lipinski definition) is 2. The van der Waals surface area contributed by atoms with Gasteiger partial charge in [0.1, 0.15) is 13.2 Å². The summed E-state index contributed by atoms with van der Waals surface area (Å²) >= 11 is 0. The van der Waals surface area contributed by atoms with Crippen molar-refractivity contribution in [1.82, 2.24) is 5.32 Å². The third kappa shape index (κ3) is 4.40. The van der Waals surface area contributed by atoms with E-state index in [4.69, 9.17) is 15.9 Å². The number of benzene rings is 1. The molecule has 0 saturated carbocycles. The molecule has 0 bridgehead atoms. The van der Waals surface area contributed by atoms with Crippen molar-refractivity contribution in [1.29, 1.82) is 0 Å². The first-order valence-corrected chi connectivity index (χ1v) is 7.09. The van der Waals surface area contributed by atoms with Crippen LogP contribution >= 0.6 is 0 Å². The smallest absolute Gasteiger partial charge is 0.238 e. The molecule has 5 nitrogen and oxygen atoms in total. The van der Waals surface area contributed by atoms with Crippen LogP contribution < -0.4 is 20.1 Å². The number of carbonyl (C=O) groups excluding carboxylic acids is 1. The Bertz CT molecular complexity index is 537. The molecule has 0 fully saturated rings. The molecule has 0 aliphatic carbocycles. The zero-order chi connectivity index (χ0) is 15.1. The lowest BCUT2D eigenvalue weighted by molar-refractivity contribution is -0.115. The molecule has 1 aliphatic rings. The van der Waals surface area contributed by atoms with Crippen LogP contribution in [0, 0.1) is 12.3 Å². The van der Waals surface area contributed by atoms with E-state index in [1.54, 1.807) is 18.2 Å². The van der Waals surface area contributed by atoms with Gasteiger partial charge < -0.3 is 20.1 Å².